The third-order valence-electron chi connectivity index (χ3n) is 6.85. The van der Waals surface area contributed by atoms with Crippen molar-refractivity contribution in [2.45, 2.75) is 0 Å². The third-order valence-corrected chi connectivity index (χ3v) is 8.80. The van der Waals surface area contributed by atoms with Gasteiger partial charge in [0.25, 0.3) is 0 Å². The normalized spacial score (nSPS) is 11.3. The standard InChI is InChI=1S/C33H18N4S2.Pt/c1-2-13-29-24(9-1)25-15-14-22(32-36-28-12-6-10-26(31(28)39-32)33-35-17-18-38-33)20-30(25)37(29)23-8-5-7-21(19-23)27-11-3-4-16-34-27;/h1-18H;/q-2;+2. The zero-order chi connectivity index (χ0) is 25.8. The van der Waals surface area contributed by atoms with Crippen LogP contribution in [0.25, 0.3) is 70.1 Å². The van der Waals surface area contributed by atoms with E-state index >= 15 is 0 Å². The molecule has 0 radical (unpaired) electrons. The second kappa shape index (κ2) is 10.2. The molecule has 0 N–H and O–H groups in total. The summed E-state index contributed by atoms with van der Waals surface area (Å²) in [7, 11) is 0. The van der Waals surface area contributed by atoms with Crippen LogP contribution in [-0.2, 0) is 21.1 Å². The molecule has 0 saturated heterocycles. The first-order valence-electron chi connectivity index (χ1n) is 12.5. The Labute approximate surface area is 252 Å². The zero-order valence-electron chi connectivity index (χ0n) is 20.8. The number of aromatic nitrogens is 4. The first-order chi connectivity index (χ1) is 19.3. The van der Waals surface area contributed by atoms with Crippen molar-refractivity contribution >= 4 is 54.7 Å². The molecule has 0 spiro atoms. The molecule has 8 aromatic rings. The maximum Gasteiger partial charge on any atom is 2.00 e. The minimum atomic E-state index is 0. The van der Waals surface area contributed by atoms with Gasteiger partial charge in [-0.3, -0.25) is 4.98 Å². The number of hydrogen-bond donors (Lipinski definition) is 0. The number of fused-ring (bicyclic) bond motifs is 4. The minimum absolute atomic E-state index is 0. The number of nitrogens with zero attached hydrogens (tertiary/aromatic N) is 4. The van der Waals surface area contributed by atoms with E-state index in [1.807, 2.05) is 36.0 Å². The molecule has 4 aromatic carbocycles. The van der Waals surface area contributed by atoms with Crippen LogP contribution in [0.15, 0.2) is 109 Å². The average Bonchev–Trinajstić information content (AvgIpc) is 3.75. The molecule has 0 bridgehead atoms. The molecule has 0 aliphatic heterocycles. The predicted molar refractivity (Wildman–Crippen MR) is 161 cm³/mol. The molecule has 0 aliphatic rings. The molecule has 0 saturated carbocycles. The Kier molecular flexibility index (Phi) is 6.39. The van der Waals surface area contributed by atoms with E-state index in [1.54, 1.807) is 22.7 Å². The van der Waals surface area contributed by atoms with E-state index in [0.717, 1.165) is 64.7 Å². The van der Waals surface area contributed by atoms with Crippen molar-refractivity contribution in [3.63, 3.8) is 0 Å². The molecule has 40 heavy (non-hydrogen) atoms. The fourth-order valence-electron chi connectivity index (χ4n) is 5.12. The van der Waals surface area contributed by atoms with Gasteiger partial charge in [-0.1, -0.05) is 47.9 Å². The van der Waals surface area contributed by atoms with Crippen molar-refractivity contribution in [3.8, 4) is 38.1 Å². The van der Waals surface area contributed by atoms with Crippen molar-refractivity contribution in [3.05, 3.63) is 121 Å². The maximum absolute atomic E-state index is 5.01. The molecular formula is C33H18N4PtS2. The predicted octanol–water partition coefficient (Wildman–Crippen LogP) is 8.84. The van der Waals surface area contributed by atoms with Crippen molar-refractivity contribution in [2.24, 2.45) is 0 Å². The van der Waals surface area contributed by atoms with Gasteiger partial charge >= 0.3 is 21.1 Å². The number of para-hydroxylation sites is 1. The second-order valence-electron chi connectivity index (χ2n) is 9.16. The minimum Gasteiger partial charge on any atom is -0.346 e. The van der Waals surface area contributed by atoms with Crippen LogP contribution in [0.2, 0.25) is 0 Å². The van der Waals surface area contributed by atoms with Gasteiger partial charge in [0.2, 0.25) is 0 Å². The van der Waals surface area contributed by atoms with E-state index in [1.165, 1.54) is 5.39 Å². The Morgan fingerprint density at radius 2 is 1.57 bits per heavy atom. The molecule has 0 aliphatic carbocycles. The number of hydrogen-bond acceptors (Lipinski definition) is 5. The van der Waals surface area contributed by atoms with E-state index in [2.05, 4.69) is 99.5 Å². The van der Waals surface area contributed by atoms with Gasteiger partial charge in [0.1, 0.15) is 5.01 Å². The summed E-state index contributed by atoms with van der Waals surface area (Å²) >= 11 is 3.34. The van der Waals surface area contributed by atoms with Gasteiger partial charge < -0.3 is 9.55 Å². The summed E-state index contributed by atoms with van der Waals surface area (Å²) in [6.07, 6.45) is 3.66. The summed E-state index contributed by atoms with van der Waals surface area (Å²) in [5.41, 5.74) is 8.00. The van der Waals surface area contributed by atoms with Gasteiger partial charge in [0.15, 0.2) is 0 Å². The first-order valence-corrected chi connectivity index (χ1v) is 14.2. The van der Waals surface area contributed by atoms with Crippen molar-refractivity contribution in [1.82, 2.24) is 19.5 Å². The van der Waals surface area contributed by atoms with Crippen molar-refractivity contribution in [1.29, 1.82) is 0 Å². The van der Waals surface area contributed by atoms with E-state index in [9.17, 15) is 0 Å². The number of benzene rings is 4. The fourth-order valence-corrected chi connectivity index (χ4v) is 6.91. The number of rotatable bonds is 4. The molecule has 0 amide bonds. The second-order valence-corrected chi connectivity index (χ2v) is 11.1. The molecule has 192 valence electrons. The summed E-state index contributed by atoms with van der Waals surface area (Å²) in [5.74, 6) is 0. The first kappa shape index (κ1) is 25.0. The van der Waals surface area contributed by atoms with Gasteiger partial charge in [-0.2, -0.15) is 11.3 Å². The molecule has 4 nitrogen and oxygen atoms in total. The smallest absolute Gasteiger partial charge is 0.346 e. The van der Waals surface area contributed by atoms with Crippen LogP contribution < -0.4 is 0 Å². The van der Waals surface area contributed by atoms with Crippen LogP contribution in [0.3, 0.4) is 0 Å². The average molecular weight is 730 g/mol. The van der Waals surface area contributed by atoms with Crippen molar-refractivity contribution in [2.75, 3.05) is 0 Å². The molecule has 0 unspecified atom stereocenters. The Balaban J connectivity index is 0.00000264. The molecule has 7 heteroatoms. The SMILES string of the molecule is [Pt+2].[c-]1c(-c2ccccn2)cccc1-n1c2[c-]c(-c3nc4cccc(-c5nccs5)c4s3)ccc2c2ccccc21. The summed E-state index contributed by atoms with van der Waals surface area (Å²) in [6, 6.07) is 38.6. The molecule has 0 fully saturated rings. The molecule has 0 atom stereocenters. The zero-order valence-corrected chi connectivity index (χ0v) is 24.7. The molecular weight excluding hydrogens is 712 g/mol. The Hall–Kier alpha value is -3.96. The van der Waals surface area contributed by atoms with Crippen LogP contribution in [0.5, 0.6) is 0 Å². The van der Waals surface area contributed by atoms with E-state index in [0.29, 0.717) is 0 Å². The summed E-state index contributed by atoms with van der Waals surface area (Å²) in [6.45, 7) is 0. The third kappa shape index (κ3) is 4.11. The fraction of sp³-hybridized carbons (Fsp3) is 0. The Morgan fingerprint density at radius 1 is 0.675 bits per heavy atom. The molecule has 4 aromatic heterocycles. The Bertz CT molecular complexity index is 2130. The number of pyridine rings is 1. The van der Waals surface area contributed by atoms with Crippen LogP contribution >= 0.6 is 22.7 Å². The van der Waals surface area contributed by atoms with Crippen LogP contribution in [-0.4, -0.2) is 19.5 Å². The largest absolute Gasteiger partial charge is 2.00 e. The van der Waals surface area contributed by atoms with E-state index in [4.69, 9.17) is 4.98 Å². The topological polar surface area (TPSA) is 43.6 Å². The van der Waals surface area contributed by atoms with Gasteiger partial charge in [-0.15, -0.1) is 64.9 Å². The summed E-state index contributed by atoms with van der Waals surface area (Å²) in [5, 5.41) is 6.30. The summed E-state index contributed by atoms with van der Waals surface area (Å²) in [4.78, 5) is 14.1. The van der Waals surface area contributed by atoms with E-state index in [-0.39, 0.29) is 21.1 Å². The number of thiazole rings is 2. The van der Waals surface area contributed by atoms with Gasteiger partial charge in [-0.25, -0.2) is 4.98 Å². The van der Waals surface area contributed by atoms with Crippen LogP contribution in [0.4, 0.5) is 0 Å². The molecule has 8 rings (SSSR count). The summed E-state index contributed by atoms with van der Waals surface area (Å²) < 4.78 is 3.39. The Morgan fingerprint density at radius 3 is 2.45 bits per heavy atom. The van der Waals surface area contributed by atoms with Gasteiger partial charge in [0, 0.05) is 33.9 Å². The maximum atomic E-state index is 5.01. The quantitative estimate of drug-likeness (QED) is 0.170. The van der Waals surface area contributed by atoms with Crippen LogP contribution in [0, 0.1) is 12.1 Å². The van der Waals surface area contributed by atoms with E-state index < -0.39 is 0 Å². The van der Waals surface area contributed by atoms with Crippen LogP contribution in [0.1, 0.15) is 0 Å². The van der Waals surface area contributed by atoms with Gasteiger partial charge in [-0.05, 0) is 40.5 Å². The molecule has 4 heterocycles. The van der Waals surface area contributed by atoms with Gasteiger partial charge in [0.05, 0.1) is 10.2 Å². The van der Waals surface area contributed by atoms with Crippen molar-refractivity contribution < 1.29 is 21.1 Å². The monoisotopic (exact) mass is 729 g/mol.